The van der Waals surface area contributed by atoms with Gasteiger partial charge in [-0.2, -0.15) is 0 Å². The highest BCUT2D eigenvalue weighted by Gasteiger charge is 2.22. The summed E-state index contributed by atoms with van der Waals surface area (Å²) >= 11 is 7.71. The van der Waals surface area contributed by atoms with Crippen LogP contribution in [0.2, 0.25) is 0 Å². The highest BCUT2D eigenvalue weighted by Crippen LogP contribution is 2.29. The molecule has 1 aromatic heterocycles. The van der Waals surface area contributed by atoms with Crippen molar-refractivity contribution in [3.63, 3.8) is 0 Å². The number of aryl methyl sites for hydroxylation is 1. The van der Waals surface area contributed by atoms with Crippen molar-refractivity contribution >= 4 is 28.7 Å². The van der Waals surface area contributed by atoms with Crippen LogP contribution in [-0.4, -0.2) is 5.78 Å². The van der Waals surface area contributed by atoms with Gasteiger partial charge in [-0.25, -0.2) is 0 Å². The molecule has 0 N–H and O–H groups in total. The number of carbonyl (C=O) groups excluding carboxylic acids is 1. The smallest absolute Gasteiger partial charge is 0.195 e. The van der Waals surface area contributed by atoms with Gasteiger partial charge in [0.15, 0.2) is 5.78 Å². The van der Waals surface area contributed by atoms with E-state index in [9.17, 15) is 4.79 Å². The molecule has 1 aromatic carbocycles. The molecule has 0 bridgehead atoms. The zero-order valence-corrected chi connectivity index (χ0v) is 11.1. The summed E-state index contributed by atoms with van der Waals surface area (Å²) in [7, 11) is 0. The zero-order chi connectivity index (χ0) is 12.3. The Kier molecular flexibility index (Phi) is 3.97. The molecule has 0 fully saturated rings. The number of ketones is 1. The number of hydrogen-bond donors (Lipinski definition) is 0. The predicted octanol–water partition coefficient (Wildman–Crippen LogP) is 4.47. The Morgan fingerprint density at radius 1 is 1.29 bits per heavy atom. The maximum absolute atomic E-state index is 12.3. The van der Waals surface area contributed by atoms with Crippen molar-refractivity contribution in [3.8, 4) is 0 Å². The molecule has 1 heterocycles. The van der Waals surface area contributed by atoms with Crippen LogP contribution in [0.5, 0.6) is 0 Å². The Bertz CT molecular complexity index is 504. The van der Waals surface area contributed by atoms with Gasteiger partial charge >= 0.3 is 0 Å². The maximum atomic E-state index is 12.3. The average molecular weight is 265 g/mol. The second kappa shape index (κ2) is 5.48. The van der Waals surface area contributed by atoms with Crippen LogP contribution in [-0.2, 0) is 6.42 Å². The van der Waals surface area contributed by atoms with Gasteiger partial charge in [0, 0.05) is 0 Å². The van der Waals surface area contributed by atoms with Crippen LogP contribution in [0.4, 0.5) is 0 Å². The molecule has 0 amide bonds. The summed E-state index contributed by atoms with van der Waals surface area (Å²) in [4.78, 5) is 13.1. The third kappa shape index (κ3) is 2.59. The van der Waals surface area contributed by atoms with Crippen molar-refractivity contribution in [1.82, 2.24) is 0 Å². The third-order valence-corrected chi connectivity index (χ3v) is 4.10. The quantitative estimate of drug-likeness (QED) is 0.588. The summed E-state index contributed by atoms with van der Waals surface area (Å²) in [6.07, 6.45) is 0.864. The van der Waals surface area contributed by atoms with E-state index in [-0.39, 0.29) is 5.78 Å². The van der Waals surface area contributed by atoms with Gasteiger partial charge < -0.3 is 0 Å². The van der Waals surface area contributed by atoms with Crippen LogP contribution in [0.25, 0.3) is 0 Å². The first-order chi connectivity index (χ1) is 8.24. The molecule has 0 aliphatic heterocycles. The second-order valence-electron chi connectivity index (χ2n) is 3.77. The van der Waals surface area contributed by atoms with Gasteiger partial charge in [-0.3, -0.25) is 4.79 Å². The van der Waals surface area contributed by atoms with E-state index in [0.717, 1.165) is 22.4 Å². The highest BCUT2D eigenvalue weighted by atomic mass is 35.5. The number of carbonyl (C=O) groups is 1. The molecule has 1 atom stereocenters. The molecule has 0 saturated carbocycles. The molecule has 1 nitrogen and oxygen atoms in total. The fourth-order valence-electron chi connectivity index (χ4n) is 1.72. The lowest BCUT2D eigenvalue weighted by Crippen LogP contribution is -2.07. The molecule has 2 rings (SSSR count). The first-order valence-corrected chi connectivity index (χ1v) is 6.85. The van der Waals surface area contributed by atoms with E-state index in [1.165, 1.54) is 11.3 Å². The minimum Gasteiger partial charge on any atom is -0.291 e. The SMILES string of the molecule is CCc1ccsc1C(=O)C(Cl)c1ccccc1. The van der Waals surface area contributed by atoms with Gasteiger partial charge in [0.25, 0.3) is 0 Å². The molecule has 88 valence electrons. The van der Waals surface area contributed by atoms with Gasteiger partial charge in [0.2, 0.25) is 0 Å². The van der Waals surface area contributed by atoms with Crippen LogP contribution in [0, 0.1) is 0 Å². The number of halogens is 1. The summed E-state index contributed by atoms with van der Waals surface area (Å²) in [6.45, 7) is 2.05. The monoisotopic (exact) mass is 264 g/mol. The fraction of sp³-hybridized carbons (Fsp3) is 0.214. The summed E-state index contributed by atoms with van der Waals surface area (Å²) < 4.78 is 0. The Morgan fingerprint density at radius 3 is 2.65 bits per heavy atom. The van der Waals surface area contributed by atoms with Crippen LogP contribution in [0.1, 0.15) is 33.1 Å². The van der Waals surface area contributed by atoms with Gasteiger partial charge in [0.1, 0.15) is 5.38 Å². The van der Waals surface area contributed by atoms with E-state index in [1.807, 2.05) is 48.7 Å². The topological polar surface area (TPSA) is 17.1 Å². The van der Waals surface area contributed by atoms with E-state index in [1.54, 1.807) is 0 Å². The minimum absolute atomic E-state index is 0.00437. The number of hydrogen-bond acceptors (Lipinski definition) is 2. The number of benzene rings is 1. The lowest BCUT2D eigenvalue weighted by molar-refractivity contribution is 0.0990. The fourth-order valence-corrected chi connectivity index (χ4v) is 3.00. The Hall–Kier alpha value is -1.12. The van der Waals surface area contributed by atoms with Crippen LogP contribution >= 0.6 is 22.9 Å². The average Bonchev–Trinajstić information content (AvgIpc) is 2.86. The molecule has 1 unspecified atom stereocenters. The standard InChI is InChI=1S/C14H13ClOS/c1-2-10-8-9-17-14(10)13(16)12(15)11-6-4-3-5-7-11/h3-9,12H,2H2,1H3. The van der Waals surface area contributed by atoms with Crippen LogP contribution in [0.15, 0.2) is 41.8 Å². The summed E-state index contributed by atoms with van der Waals surface area (Å²) in [5.41, 5.74) is 1.94. The lowest BCUT2D eigenvalue weighted by atomic mass is 10.0. The number of rotatable bonds is 4. The lowest BCUT2D eigenvalue weighted by Gasteiger charge is -2.08. The molecule has 17 heavy (non-hydrogen) atoms. The van der Waals surface area contributed by atoms with E-state index >= 15 is 0 Å². The normalized spacial score (nSPS) is 12.4. The Labute approximate surface area is 110 Å². The number of alkyl halides is 1. The van der Waals surface area contributed by atoms with Crippen molar-refractivity contribution in [2.24, 2.45) is 0 Å². The molecular formula is C14H13ClOS. The largest absolute Gasteiger partial charge is 0.291 e. The molecule has 0 saturated heterocycles. The van der Waals surface area contributed by atoms with E-state index in [2.05, 4.69) is 0 Å². The van der Waals surface area contributed by atoms with E-state index < -0.39 is 5.38 Å². The summed E-state index contributed by atoms with van der Waals surface area (Å²) in [5, 5.41) is 1.36. The molecule has 0 aliphatic rings. The van der Waals surface area contributed by atoms with Crippen molar-refractivity contribution in [1.29, 1.82) is 0 Å². The van der Waals surface area contributed by atoms with Gasteiger partial charge in [0.05, 0.1) is 4.88 Å². The minimum atomic E-state index is -0.583. The molecular weight excluding hydrogens is 252 g/mol. The van der Waals surface area contributed by atoms with Crippen molar-refractivity contribution < 1.29 is 4.79 Å². The van der Waals surface area contributed by atoms with Gasteiger partial charge in [-0.15, -0.1) is 22.9 Å². The van der Waals surface area contributed by atoms with Crippen molar-refractivity contribution in [2.75, 3.05) is 0 Å². The first kappa shape index (κ1) is 12.3. The summed E-state index contributed by atoms with van der Waals surface area (Å²) in [5.74, 6) is 0.00437. The number of Topliss-reactive ketones (excluding diaryl/α,β-unsaturated/α-hetero) is 1. The highest BCUT2D eigenvalue weighted by molar-refractivity contribution is 7.12. The Balaban J connectivity index is 2.27. The molecule has 0 spiro atoms. The number of thiophene rings is 1. The predicted molar refractivity (Wildman–Crippen MR) is 73.1 cm³/mol. The van der Waals surface area contributed by atoms with Gasteiger partial charge in [-0.05, 0) is 29.0 Å². The molecule has 3 heteroatoms. The molecule has 0 radical (unpaired) electrons. The molecule has 0 aliphatic carbocycles. The van der Waals surface area contributed by atoms with E-state index in [0.29, 0.717) is 0 Å². The zero-order valence-electron chi connectivity index (χ0n) is 9.52. The van der Waals surface area contributed by atoms with Crippen LogP contribution < -0.4 is 0 Å². The molecule has 2 aromatic rings. The maximum Gasteiger partial charge on any atom is 0.195 e. The second-order valence-corrected chi connectivity index (χ2v) is 5.12. The van der Waals surface area contributed by atoms with Crippen molar-refractivity contribution in [3.05, 3.63) is 57.8 Å². The van der Waals surface area contributed by atoms with Crippen LogP contribution in [0.3, 0.4) is 0 Å². The first-order valence-electron chi connectivity index (χ1n) is 5.53. The van der Waals surface area contributed by atoms with E-state index in [4.69, 9.17) is 11.6 Å². The summed E-state index contributed by atoms with van der Waals surface area (Å²) in [6, 6.07) is 11.5. The Morgan fingerprint density at radius 2 is 2.00 bits per heavy atom. The van der Waals surface area contributed by atoms with Crippen molar-refractivity contribution in [2.45, 2.75) is 18.7 Å². The third-order valence-electron chi connectivity index (χ3n) is 2.67. The van der Waals surface area contributed by atoms with Gasteiger partial charge in [-0.1, -0.05) is 37.3 Å².